The van der Waals surface area contributed by atoms with E-state index in [-0.39, 0.29) is 4.75 Å². The Hall–Kier alpha value is -0.670. The summed E-state index contributed by atoms with van der Waals surface area (Å²) in [7, 11) is 2.18. The summed E-state index contributed by atoms with van der Waals surface area (Å²) < 4.78 is 0.130. The van der Waals surface area contributed by atoms with Gasteiger partial charge < -0.3 is 10.0 Å². The topological polar surface area (TPSA) is 23.5 Å². The molecule has 1 heterocycles. The van der Waals surface area contributed by atoms with Crippen molar-refractivity contribution >= 4 is 11.8 Å². The summed E-state index contributed by atoms with van der Waals surface area (Å²) in [5, 5.41) is 10.3. The summed E-state index contributed by atoms with van der Waals surface area (Å²) in [5.74, 6) is 0.372. The van der Waals surface area contributed by atoms with Crippen LogP contribution < -0.4 is 0 Å². The first-order chi connectivity index (χ1) is 8.05. The number of phenolic OH excluding ortho intramolecular Hbond substituents is 1. The summed E-state index contributed by atoms with van der Waals surface area (Å²) in [4.78, 5) is 2.40. The second-order valence-electron chi connectivity index (χ2n) is 5.02. The highest BCUT2D eigenvalue weighted by atomic mass is 32.2. The lowest BCUT2D eigenvalue weighted by molar-refractivity contribution is 0.278. The van der Waals surface area contributed by atoms with Crippen molar-refractivity contribution in [2.75, 3.05) is 20.1 Å². The predicted octanol–water partition coefficient (Wildman–Crippen LogP) is 3.06. The van der Waals surface area contributed by atoms with Gasteiger partial charge >= 0.3 is 0 Å². The molecule has 0 saturated carbocycles. The van der Waals surface area contributed by atoms with Gasteiger partial charge in [0.2, 0.25) is 0 Å². The van der Waals surface area contributed by atoms with Crippen LogP contribution in [0, 0.1) is 0 Å². The summed E-state index contributed by atoms with van der Waals surface area (Å²) in [6.45, 7) is 6.73. The lowest BCUT2D eigenvalue weighted by Gasteiger charge is -2.44. The highest BCUT2D eigenvalue weighted by Crippen LogP contribution is 2.46. The molecule has 1 aliphatic rings. The van der Waals surface area contributed by atoms with Gasteiger partial charge in [-0.2, -0.15) is 0 Å². The molecular weight excluding hydrogens is 230 g/mol. The van der Waals surface area contributed by atoms with Gasteiger partial charge in [0.25, 0.3) is 0 Å². The van der Waals surface area contributed by atoms with Crippen LogP contribution in [0.4, 0.5) is 0 Å². The Morgan fingerprint density at radius 1 is 1.53 bits per heavy atom. The average Bonchev–Trinajstić information content (AvgIpc) is 2.27. The number of likely N-dealkylation sites (N-methyl/N-ethyl adjacent to an activating group) is 1. The normalized spacial score (nSPS) is 30.4. The molecule has 1 aliphatic heterocycles. The van der Waals surface area contributed by atoms with Crippen LogP contribution in [0.5, 0.6) is 5.75 Å². The smallest absolute Gasteiger partial charge is 0.115 e. The Bertz CT molecular complexity index is 384. The van der Waals surface area contributed by atoms with Crippen LogP contribution >= 0.6 is 11.8 Å². The van der Waals surface area contributed by atoms with Crippen molar-refractivity contribution in [3.05, 3.63) is 29.8 Å². The molecule has 2 atom stereocenters. The third-order valence-electron chi connectivity index (χ3n) is 3.46. The number of hydrogen-bond acceptors (Lipinski definition) is 3. The molecule has 1 N–H and O–H groups in total. The number of phenols is 1. The van der Waals surface area contributed by atoms with E-state index >= 15 is 0 Å². The number of hydrogen-bond donors (Lipinski definition) is 1. The maximum atomic E-state index is 9.66. The minimum Gasteiger partial charge on any atom is -0.508 e. The van der Waals surface area contributed by atoms with E-state index in [1.807, 2.05) is 23.9 Å². The van der Waals surface area contributed by atoms with E-state index in [0.29, 0.717) is 11.0 Å². The van der Waals surface area contributed by atoms with E-state index in [1.165, 1.54) is 5.56 Å². The molecule has 2 nitrogen and oxygen atoms in total. The minimum atomic E-state index is 0.130. The zero-order chi connectivity index (χ0) is 12.5. The molecule has 17 heavy (non-hydrogen) atoms. The summed E-state index contributed by atoms with van der Waals surface area (Å²) in [6.07, 6.45) is 1.09. The number of aromatic hydroxyl groups is 1. The fraction of sp³-hybridized carbons (Fsp3) is 0.571. The van der Waals surface area contributed by atoms with Crippen molar-refractivity contribution in [2.45, 2.75) is 30.3 Å². The van der Waals surface area contributed by atoms with Gasteiger partial charge in [-0.05, 0) is 31.2 Å². The maximum Gasteiger partial charge on any atom is 0.115 e. The first-order valence-corrected chi connectivity index (χ1v) is 7.09. The van der Waals surface area contributed by atoms with Crippen LogP contribution in [-0.4, -0.2) is 35.4 Å². The molecule has 1 fully saturated rings. The fourth-order valence-electron chi connectivity index (χ4n) is 2.75. The summed E-state index contributed by atoms with van der Waals surface area (Å²) in [6, 6.07) is 7.75. The molecule has 94 valence electrons. The van der Waals surface area contributed by atoms with Gasteiger partial charge in [0.15, 0.2) is 0 Å². The van der Waals surface area contributed by atoms with Gasteiger partial charge in [0, 0.05) is 18.3 Å². The van der Waals surface area contributed by atoms with Crippen LogP contribution in [0.1, 0.15) is 25.8 Å². The molecule has 0 aliphatic carbocycles. The molecule has 1 aromatic rings. The summed E-state index contributed by atoms with van der Waals surface area (Å²) >= 11 is 2.05. The average molecular weight is 251 g/mol. The Kier molecular flexibility index (Phi) is 3.69. The van der Waals surface area contributed by atoms with Crippen LogP contribution in [0.3, 0.4) is 0 Å². The molecular formula is C14H21NOS. The number of nitrogens with zero attached hydrogens (tertiary/aromatic N) is 1. The van der Waals surface area contributed by atoms with Crippen molar-refractivity contribution in [1.29, 1.82) is 0 Å². The Balaban J connectivity index is 2.36. The van der Waals surface area contributed by atoms with Gasteiger partial charge in [-0.15, -0.1) is 11.8 Å². The van der Waals surface area contributed by atoms with Gasteiger partial charge in [-0.3, -0.25) is 0 Å². The molecule has 0 aromatic heterocycles. The van der Waals surface area contributed by atoms with Gasteiger partial charge in [0.1, 0.15) is 5.75 Å². The van der Waals surface area contributed by atoms with Crippen molar-refractivity contribution in [2.24, 2.45) is 0 Å². The molecule has 3 heteroatoms. The molecule has 0 unspecified atom stereocenters. The van der Waals surface area contributed by atoms with Crippen LogP contribution in [0.15, 0.2) is 24.3 Å². The maximum absolute atomic E-state index is 9.66. The third-order valence-corrected chi connectivity index (χ3v) is 5.12. The van der Waals surface area contributed by atoms with E-state index < -0.39 is 0 Å². The van der Waals surface area contributed by atoms with Gasteiger partial charge in [-0.25, -0.2) is 0 Å². The molecule has 1 saturated heterocycles. The molecule has 0 radical (unpaired) electrons. The standard InChI is InChI=1S/C14H21NOS/c1-4-14(10-15(3)9-11(2)17-14)12-6-5-7-13(16)8-12/h5-8,11,16H,4,9-10H2,1-3H3/t11-,14+/m1/s1. The third kappa shape index (κ3) is 2.61. The lowest BCUT2D eigenvalue weighted by Crippen LogP contribution is -2.45. The largest absolute Gasteiger partial charge is 0.508 e. The zero-order valence-electron chi connectivity index (χ0n) is 10.8. The van der Waals surface area contributed by atoms with Crippen molar-refractivity contribution in [1.82, 2.24) is 4.90 Å². The van der Waals surface area contributed by atoms with Gasteiger partial charge in [0.05, 0.1) is 4.75 Å². The number of benzene rings is 1. The Labute approximate surface area is 108 Å². The predicted molar refractivity (Wildman–Crippen MR) is 74.6 cm³/mol. The van der Waals surface area contributed by atoms with Crippen LogP contribution in [-0.2, 0) is 4.75 Å². The molecule has 1 aromatic carbocycles. The molecule has 0 bridgehead atoms. The first kappa shape index (κ1) is 12.8. The number of thioether (sulfide) groups is 1. The van der Waals surface area contributed by atoms with E-state index in [9.17, 15) is 5.11 Å². The minimum absolute atomic E-state index is 0.130. The van der Waals surface area contributed by atoms with Gasteiger partial charge in [-0.1, -0.05) is 26.0 Å². The fourth-order valence-corrected chi connectivity index (χ4v) is 4.57. The highest BCUT2D eigenvalue weighted by molar-refractivity contribution is 8.00. The number of rotatable bonds is 2. The SMILES string of the molecule is CC[C@@]1(c2cccc(O)c2)CN(C)C[C@@H](C)S1. The first-order valence-electron chi connectivity index (χ1n) is 6.21. The van der Waals surface area contributed by atoms with E-state index in [1.54, 1.807) is 6.07 Å². The van der Waals surface area contributed by atoms with E-state index in [2.05, 4.69) is 31.9 Å². The molecule has 0 spiro atoms. The Morgan fingerprint density at radius 2 is 2.29 bits per heavy atom. The monoisotopic (exact) mass is 251 g/mol. The van der Waals surface area contributed by atoms with Crippen LogP contribution in [0.25, 0.3) is 0 Å². The van der Waals surface area contributed by atoms with Crippen molar-refractivity contribution in [3.63, 3.8) is 0 Å². The second kappa shape index (κ2) is 4.91. The molecule has 2 rings (SSSR count). The highest BCUT2D eigenvalue weighted by Gasteiger charge is 2.38. The van der Waals surface area contributed by atoms with E-state index in [4.69, 9.17) is 0 Å². The quantitative estimate of drug-likeness (QED) is 0.874. The van der Waals surface area contributed by atoms with Crippen LogP contribution in [0.2, 0.25) is 0 Å². The second-order valence-corrected chi connectivity index (χ2v) is 6.85. The Morgan fingerprint density at radius 3 is 2.88 bits per heavy atom. The lowest BCUT2D eigenvalue weighted by atomic mass is 9.94. The zero-order valence-corrected chi connectivity index (χ0v) is 11.6. The summed E-state index contributed by atoms with van der Waals surface area (Å²) in [5.41, 5.74) is 1.25. The van der Waals surface area contributed by atoms with Crippen molar-refractivity contribution in [3.8, 4) is 5.75 Å². The van der Waals surface area contributed by atoms with E-state index in [0.717, 1.165) is 19.5 Å². The molecule has 0 amide bonds. The van der Waals surface area contributed by atoms with Crippen molar-refractivity contribution < 1.29 is 5.11 Å².